The summed E-state index contributed by atoms with van der Waals surface area (Å²) in [5.41, 5.74) is 0. The Morgan fingerprint density at radius 1 is 0.714 bits per heavy atom. The highest BCUT2D eigenvalue weighted by Gasteiger charge is 2.39. The largest absolute Gasteiger partial charge is 0.463 e. The molecule has 0 radical (unpaired) electrons. The number of ether oxygens (including phenoxy) is 2. The fourth-order valence-corrected chi connectivity index (χ4v) is 6.42. The molecule has 0 aromatic heterocycles. The Morgan fingerprint density at radius 2 is 1.20 bits per heavy atom. The number of aliphatic hydroxyl groups is 3. The Hall–Kier alpha value is -2.03. The van der Waals surface area contributed by atoms with Gasteiger partial charge in [0.1, 0.15) is 25.1 Å². The summed E-state index contributed by atoms with van der Waals surface area (Å²) in [4.78, 5) is 36.4. The Balaban J connectivity index is 2.04. The molecule has 284 valence electrons. The second-order valence-electron chi connectivity index (χ2n) is 14.2. The number of hydrogen-bond acceptors (Lipinski definition) is 8. The number of rotatable bonds is 32. The predicted molar refractivity (Wildman–Crippen MR) is 197 cm³/mol. The van der Waals surface area contributed by atoms with Crippen molar-refractivity contribution in [3.63, 3.8) is 0 Å². The van der Waals surface area contributed by atoms with Crippen molar-refractivity contribution in [2.24, 2.45) is 11.8 Å². The second kappa shape index (κ2) is 30.8. The minimum atomic E-state index is -1.05. The van der Waals surface area contributed by atoms with E-state index in [1.807, 2.05) is 12.2 Å². The normalized spacial score (nSPS) is 19.2. The number of carbonyl (C=O) groups is 3. The van der Waals surface area contributed by atoms with Gasteiger partial charge in [0.25, 0.3) is 0 Å². The average Bonchev–Trinajstić information content (AvgIpc) is 3.35. The highest BCUT2D eigenvalue weighted by atomic mass is 16.6. The van der Waals surface area contributed by atoms with Crippen molar-refractivity contribution in [1.29, 1.82) is 0 Å². The SMILES string of the molecule is CCCCCCCCCCCCCCCCCC(=O)OC[C@@H](O)COC(=O)CCC/C=C\C[C@H]1[C@@H](O)CC(=O)[C@@H]1/C=C/[C@@H](O)CCCCC. The molecule has 0 aliphatic heterocycles. The van der Waals surface area contributed by atoms with Crippen LogP contribution in [-0.4, -0.2) is 64.6 Å². The molecule has 1 rings (SSSR count). The van der Waals surface area contributed by atoms with Gasteiger partial charge in [-0.3, -0.25) is 14.4 Å². The van der Waals surface area contributed by atoms with Crippen LogP contribution in [0.4, 0.5) is 0 Å². The number of ketones is 1. The number of hydrogen-bond donors (Lipinski definition) is 3. The van der Waals surface area contributed by atoms with Crippen LogP contribution in [0.15, 0.2) is 24.3 Å². The lowest BCUT2D eigenvalue weighted by molar-refractivity contribution is -0.152. The summed E-state index contributed by atoms with van der Waals surface area (Å²) < 4.78 is 10.3. The van der Waals surface area contributed by atoms with Gasteiger partial charge in [0, 0.05) is 31.1 Å². The third kappa shape index (κ3) is 24.7. The maximum absolute atomic E-state index is 12.4. The highest BCUT2D eigenvalue weighted by molar-refractivity contribution is 5.86. The Labute approximate surface area is 298 Å². The molecular formula is C41H72O8. The lowest BCUT2D eigenvalue weighted by Gasteiger charge is -2.17. The molecule has 1 saturated carbocycles. The van der Waals surface area contributed by atoms with E-state index in [2.05, 4.69) is 13.8 Å². The fourth-order valence-electron chi connectivity index (χ4n) is 6.42. The maximum Gasteiger partial charge on any atom is 0.305 e. The third-order valence-electron chi connectivity index (χ3n) is 9.57. The van der Waals surface area contributed by atoms with E-state index in [9.17, 15) is 29.7 Å². The van der Waals surface area contributed by atoms with Crippen LogP contribution in [0.5, 0.6) is 0 Å². The summed E-state index contributed by atoms with van der Waals surface area (Å²) in [5.74, 6) is -1.36. The second-order valence-corrected chi connectivity index (χ2v) is 14.2. The van der Waals surface area contributed by atoms with E-state index >= 15 is 0 Å². The number of Topliss-reactive ketones (excluding diaryl/α,β-unsaturated/α-hetero) is 1. The highest BCUT2D eigenvalue weighted by Crippen LogP contribution is 2.33. The van der Waals surface area contributed by atoms with Gasteiger partial charge < -0.3 is 24.8 Å². The molecule has 0 spiro atoms. The molecule has 0 heterocycles. The number of allylic oxidation sites excluding steroid dienone is 3. The number of carbonyl (C=O) groups excluding carboxylic acids is 3. The monoisotopic (exact) mass is 693 g/mol. The zero-order valence-electron chi connectivity index (χ0n) is 31.2. The molecule has 8 nitrogen and oxygen atoms in total. The molecule has 0 unspecified atom stereocenters. The molecule has 8 heteroatoms. The van der Waals surface area contributed by atoms with E-state index in [1.165, 1.54) is 77.0 Å². The van der Waals surface area contributed by atoms with Gasteiger partial charge in [-0.05, 0) is 32.1 Å². The molecule has 0 aromatic rings. The molecule has 3 N–H and O–H groups in total. The molecule has 1 aliphatic rings. The molecule has 0 amide bonds. The summed E-state index contributed by atoms with van der Waals surface area (Å²) >= 11 is 0. The first-order chi connectivity index (χ1) is 23.8. The summed E-state index contributed by atoms with van der Waals surface area (Å²) in [6.45, 7) is 3.98. The van der Waals surface area contributed by atoms with Gasteiger partial charge in [-0.2, -0.15) is 0 Å². The first kappa shape index (κ1) is 45.0. The molecule has 0 aromatic carbocycles. The van der Waals surface area contributed by atoms with Crippen molar-refractivity contribution in [3.05, 3.63) is 24.3 Å². The van der Waals surface area contributed by atoms with Crippen LogP contribution in [0.3, 0.4) is 0 Å². The maximum atomic E-state index is 12.4. The van der Waals surface area contributed by atoms with Crippen molar-refractivity contribution in [2.75, 3.05) is 13.2 Å². The minimum Gasteiger partial charge on any atom is -0.463 e. The lowest BCUT2D eigenvalue weighted by Crippen LogP contribution is -2.25. The summed E-state index contributed by atoms with van der Waals surface area (Å²) in [5, 5.41) is 30.6. The number of esters is 2. The summed E-state index contributed by atoms with van der Waals surface area (Å²) in [6.07, 6.45) is 30.2. The quantitative estimate of drug-likeness (QED) is 0.0362. The van der Waals surface area contributed by atoms with Crippen LogP contribution in [-0.2, 0) is 23.9 Å². The van der Waals surface area contributed by atoms with Crippen molar-refractivity contribution in [2.45, 2.75) is 193 Å². The minimum absolute atomic E-state index is 0.00262. The Bertz CT molecular complexity index is 900. The van der Waals surface area contributed by atoms with Crippen molar-refractivity contribution in [3.8, 4) is 0 Å². The van der Waals surface area contributed by atoms with Crippen LogP contribution in [0, 0.1) is 11.8 Å². The molecule has 1 aliphatic carbocycles. The number of unbranched alkanes of at least 4 members (excludes halogenated alkanes) is 17. The Morgan fingerprint density at radius 3 is 1.76 bits per heavy atom. The van der Waals surface area contributed by atoms with E-state index in [4.69, 9.17) is 9.47 Å². The third-order valence-corrected chi connectivity index (χ3v) is 9.57. The van der Waals surface area contributed by atoms with Gasteiger partial charge in [-0.1, -0.05) is 147 Å². The number of aliphatic hydroxyl groups excluding tert-OH is 3. The average molecular weight is 693 g/mol. The van der Waals surface area contributed by atoms with Crippen molar-refractivity contribution < 1.29 is 39.2 Å². The van der Waals surface area contributed by atoms with Crippen LogP contribution in [0.2, 0.25) is 0 Å². The van der Waals surface area contributed by atoms with Crippen molar-refractivity contribution in [1.82, 2.24) is 0 Å². The van der Waals surface area contributed by atoms with Gasteiger partial charge >= 0.3 is 11.9 Å². The topological polar surface area (TPSA) is 130 Å². The van der Waals surface area contributed by atoms with Crippen molar-refractivity contribution >= 4 is 17.7 Å². The fraction of sp³-hybridized carbons (Fsp3) is 0.829. The predicted octanol–water partition coefficient (Wildman–Crippen LogP) is 8.88. The first-order valence-corrected chi connectivity index (χ1v) is 20.0. The molecular weight excluding hydrogens is 620 g/mol. The van der Waals surface area contributed by atoms with E-state index in [-0.39, 0.29) is 43.7 Å². The standard InChI is InChI=1S/C41H72O8/c1-3-5-7-8-9-10-11-12-13-14-15-16-17-18-23-27-40(46)48-32-35(43)33-49-41(47)28-24-20-19-22-26-36-37(39(45)31-38(36)44)30-29-34(42)25-21-6-4-2/h19,22,29-30,34-38,42-44H,3-18,20-21,23-28,31-33H2,1-2H3/b22-19-,30-29+/t34-,35+,36+,37+,38-/m0/s1. The van der Waals surface area contributed by atoms with Gasteiger partial charge in [-0.15, -0.1) is 0 Å². The smallest absolute Gasteiger partial charge is 0.305 e. The van der Waals surface area contributed by atoms with Gasteiger partial charge in [-0.25, -0.2) is 0 Å². The van der Waals surface area contributed by atoms with Gasteiger partial charge in [0.2, 0.25) is 0 Å². The van der Waals surface area contributed by atoms with Crippen LogP contribution in [0.1, 0.15) is 174 Å². The lowest BCUT2D eigenvalue weighted by atomic mass is 9.90. The molecule has 1 fully saturated rings. The molecule has 0 saturated heterocycles. The van der Waals surface area contributed by atoms with Gasteiger partial charge in [0.05, 0.1) is 12.2 Å². The molecule has 5 atom stereocenters. The van der Waals surface area contributed by atoms with E-state index in [0.29, 0.717) is 32.1 Å². The van der Waals surface area contributed by atoms with Crippen LogP contribution >= 0.6 is 0 Å². The zero-order valence-corrected chi connectivity index (χ0v) is 31.2. The molecule has 0 bridgehead atoms. The Kier molecular flexibility index (Phi) is 28.2. The zero-order chi connectivity index (χ0) is 36.0. The first-order valence-electron chi connectivity index (χ1n) is 20.0. The van der Waals surface area contributed by atoms with E-state index in [0.717, 1.165) is 38.5 Å². The molecule has 49 heavy (non-hydrogen) atoms. The summed E-state index contributed by atoms with van der Waals surface area (Å²) in [7, 11) is 0. The van der Waals surface area contributed by atoms with E-state index < -0.39 is 30.2 Å². The van der Waals surface area contributed by atoms with Crippen LogP contribution < -0.4 is 0 Å². The van der Waals surface area contributed by atoms with Gasteiger partial charge in [0.15, 0.2) is 0 Å². The van der Waals surface area contributed by atoms with Crippen LogP contribution in [0.25, 0.3) is 0 Å². The summed E-state index contributed by atoms with van der Waals surface area (Å²) in [6, 6.07) is 0. The van der Waals surface area contributed by atoms with E-state index in [1.54, 1.807) is 12.2 Å².